The van der Waals surface area contributed by atoms with Gasteiger partial charge in [-0.3, -0.25) is 0 Å². The first kappa shape index (κ1) is 22.6. The van der Waals surface area contributed by atoms with Crippen molar-refractivity contribution < 1.29 is 5.11 Å². The Morgan fingerprint density at radius 1 is 0.765 bits per heavy atom. The van der Waals surface area contributed by atoms with E-state index in [-0.39, 0.29) is 31.4 Å². The van der Waals surface area contributed by atoms with Gasteiger partial charge in [0, 0.05) is 19.6 Å². The van der Waals surface area contributed by atoms with Crippen LogP contribution >= 0.6 is 24.8 Å². The highest BCUT2D eigenvalue weighted by Crippen LogP contribution is 1.99. The van der Waals surface area contributed by atoms with Crippen LogP contribution in [0.25, 0.3) is 0 Å². The third kappa shape index (κ3) is 16.5. The number of hydrogen-bond donors (Lipinski definition) is 1. The topological polar surface area (TPSA) is 26.7 Å². The fraction of sp³-hybridized carbons (Fsp3) is 1.00. The van der Waals surface area contributed by atoms with Crippen molar-refractivity contribution in [1.29, 1.82) is 0 Å². The first-order valence-electron chi connectivity index (χ1n) is 6.18. The molecule has 0 aromatic carbocycles. The molecule has 0 unspecified atom stereocenters. The number of aliphatic hydroxyl groups excluding tert-OH is 1. The summed E-state index contributed by atoms with van der Waals surface area (Å²) in [5.41, 5.74) is 0. The molecule has 3 nitrogen and oxygen atoms in total. The van der Waals surface area contributed by atoms with E-state index in [0.29, 0.717) is 0 Å². The Balaban J connectivity index is -0.000000980. The molecule has 0 amide bonds. The lowest BCUT2D eigenvalue weighted by molar-refractivity contribution is 0.201. The van der Waals surface area contributed by atoms with Gasteiger partial charge in [-0.2, -0.15) is 0 Å². The number of aliphatic hydroxyl groups is 1. The van der Waals surface area contributed by atoms with Gasteiger partial charge in [-0.05, 0) is 27.1 Å². The number of nitrogens with zero attached hydrogens (tertiary/aromatic N) is 2. The molecule has 108 valence electrons. The van der Waals surface area contributed by atoms with Gasteiger partial charge in [0.05, 0.1) is 6.61 Å². The number of hydrogen-bond acceptors (Lipinski definition) is 3. The fourth-order valence-corrected chi connectivity index (χ4v) is 1.54. The Kier molecular flexibility index (Phi) is 21.9. The number of unbranched alkanes of at least 4 members (excludes halogenated alkanes) is 3. The summed E-state index contributed by atoms with van der Waals surface area (Å²) in [4.78, 5) is 4.55. The van der Waals surface area contributed by atoms with Crippen LogP contribution in [-0.4, -0.2) is 61.8 Å². The van der Waals surface area contributed by atoms with E-state index in [1.807, 2.05) is 0 Å². The van der Waals surface area contributed by atoms with E-state index in [1.165, 1.54) is 32.2 Å². The normalized spacial score (nSPS) is 10.2. The molecule has 0 aromatic heterocycles. The lowest BCUT2D eigenvalue weighted by atomic mass is 10.2. The minimum atomic E-state index is 0. The van der Waals surface area contributed by atoms with E-state index in [0.717, 1.165) is 19.6 Å². The van der Waals surface area contributed by atoms with E-state index >= 15 is 0 Å². The highest BCUT2D eigenvalue weighted by Gasteiger charge is 2.01. The van der Waals surface area contributed by atoms with Crippen molar-refractivity contribution in [2.75, 3.05) is 46.9 Å². The summed E-state index contributed by atoms with van der Waals surface area (Å²) in [6.45, 7) is 6.63. The summed E-state index contributed by atoms with van der Waals surface area (Å²) in [6.07, 6.45) is 5.34. The fourth-order valence-electron chi connectivity index (χ4n) is 1.54. The summed E-state index contributed by atoms with van der Waals surface area (Å²) < 4.78 is 0. The van der Waals surface area contributed by atoms with Gasteiger partial charge in [0.2, 0.25) is 0 Å². The van der Waals surface area contributed by atoms with Gasteiger partial charge in [-0.1, -0.05) is 26.2 Å². The summed E-state index contributed by atoms with van der Waals surface area (Å²) >= 11 is 0. The first-order valence-corrected chi connectivity index (χ1v) is 6.18. The molecule has 0 aliphatic heterocycles. The molecule has 1 N–H and O–H groups in total. The first-order chi connectivity index (χ1) is 7.20. The van der Waals surface area contributed by atoms with Crippen LogP contribution in [0.3, 0.4) is 0 Å². The second-order valence-corrected chi connectivity index (χ2v) is 4.39. The van der Waals surface area contributed by atoms with E-state index < -0.39 is 0 Å². The average molecular weight is 289 g/mol. The monoisotopic (exact) mass is 288 g/mol. The van der Waals surface area contributed by atoms with Gasteiger partial charge in [0.25, 0.3) is 0 Å². The number of halogens is 2. The van der Waals surface area contributed by atoms with Gasteiger partial charge in [-0.25, -0.2) is 0 Å². The quantitative estimate of drug-likeness (QED) is 0.625. The van der Waals surface area contributed by atoms with Gasteiger partial charge in [0.15, 0.2) is 0 Å². The standard InChI is InChI=1S/C12H28N2O.2ClH/c1-4-5-6-7-8-13(2)9-10-14(3)11-12-15;;/h15H,4-12H2,1-3H3;2*1H. The predicted octanol–water partition coefficient (Wildman–Crippen LogP) is 2.27. The maximum Gasteiger partial charge on any atom is 0.0558 e. The minimum Gasteiger partial charge on any atom is -0.395 e. The van der Waals surface area contributed by atoms with Crippen molar-refractivity contribution in [3.8, 4) is 0 Å². The summed E-state index contributed by atoms with van der Waals surface area (Å²) in [5.74, 6) is 0. The molecule has 0 atom stereocenters. The number of likely N-dealkylation sites (N-methyl/N-ethyl adjacent to an activating group) is 2. The number of rotatable bonds is 10. The smallest absolute Gasteiger partial charge is 0.0558 e. The van der Waals surface area contributed by atoms with Crippen molar-refractivity contribution >= 4 is 24.8 Å². The molecule has 0 aromatic rings. The zero-order valence-corrected chi connectivity index (χ0v) is 13.2. The Hall–Kier alpha value is 0.460. The zero-order valence-electron chi connectivity index (χ0n) is 11.5. The molecule has 0 rings (SSSR count). The molecule has 0 aliphatic carbocycles. The molecule has 0 bridgehead atoms. The van der Waals surface area contributed by atoms with Gasteiger partial charge >= 0.3 is 0 Å². The van der Waals surface area contributed by atoms with E-state index in [1.54, 1.807) is 0 Å². The lowest BCUT2D eigenvalue weighted by Gasteiger charge is -2.21. The van der Waals surface area contributed by atoms with Crippen molar-refractivity contribution in [2.24, 2.45) is 0 Å². The van der Waals surface area contributed by atoms with Crippen molar-refractivity contribution in [1.82, 2.24) is 9.80 Å². The Morgan fingerprint density at radius 3 is 1.76 bits per heavy atom. The SMILES string of the molecule is CCCCCCN(C)CCN(C)CCO.Cl.Cl. The van der Waals surface area contributed by atoms with Crippen LogP contribution in [0.1, 0.15) is 32.6 Å². The van der Waals surface area contributed by atoms with Crippen LogP contribution in [0, 0.1) is 0 Å². The minimum absolute atomic E-state index is 0. The lowest BCUT2D eigenvalue weighted by Crippen LogP contribution is -2.32. The van der Waals surface area contributed by atoms with Gasteiger partial charge < -0.3 is 14.9 Å². The van der Waals surface area contributed by atoms with Gasteiger partial charge in [-0.15, -0.1) is 24.8 Å². The predicted molar refractivity (Wildman–Crippen MR) is 80.7 cm³/mol. The third-order valence-corrected chi connectivity index (χ3v) is 2.74. The second-order valence-electron chi connectivity index (χ2n) is 4.39. The molecular weight excluding hydrogens is 259 g/mol. The molecule has 0 saturated carbocycles. The van der Waals surface area contributed by atoms with E-state index in [2.05, 4.69) is 30.8 Å². The Labute approximate surface area is 119 Å². The largest absolute Gasteiger partial charge is 0.395 e. The Morgan fingerprint density at radius 2 is 1.29 bits per heavy atom. The van der Waals surface area contributed by atoms with Gasteiger partial charge in [0.1, 0.15) is 0 Å². The zero-order chi connectivity index (χ0) is 11.5. The summed E-state index contributed by atoms with van der Waals surface area (Å²) in [7, 11) is 4.24. The highest BCUT2D eigenvalue weighted by atomic mass is 35.5. The molecule has 0 aliphatic rings. The average Bonchev–Trinajstić information content (AvgIpc) is 2.22. The molecule has 5 heteroatoms. The maximum absolute atomic E-state index is 8.75. The van der Waals surface area contributed by atoms with Crippen molar-refractivity contribution in [3.05, 3.63) is 0 Å². The molecule has 0 spiro atoms. The van der Waals surface area contributed by atoms with Crippen molar-refractivity contribution in [2.45, 2.75) is 32.6 Å². The Bertz CT molecular complexity index is 140. The van der Waals surface area contributed by atoms with Crippen molar-refractivity contribution in [3.63, 3.8) is 0 Å². The van der Waals surface area contributed by atoms with E-state index in [9.17, 15) is 0 Å². The second kappa shape index (κ2) is 16.5. The highest BCUT2D eigenvalue weighted by molar-refractivity contribution is 5.85. The summed E-state index contributed by atoms with van der Waals surface area (Å²) in [6, 6.07) is 0. The van der Waals surface area contributed by atoms with Crippen LogP contribution in [-0.2, 0) is 0 Å². The molecule has 0 radical (unpaired) electrons. The molecule has 17 heavy (non-hydrogen) atoms. The maximum atomic E-state index is 8.75. The van der Waals surface area contributed by atoms with Crippen LogP contribution in [0.15, 0.2) is 0 Å². The molecule has 0 heterocycles. The van der Waals surface area contributed by atoms with E-state index in [4.69, 9.17) is 5.11 Å². The molecule has 0 saturated heterocycles. The van der Waals surface area contributed by atoms with Crippen LogP contribution in [0.5, 0.6) is 0 Å². The molecular formula is C12H30Cl2N2O. The third-order valence-electron chi connectivity index (χ3n) is 2.74. The van der Waals surface area contributed by atoms with Crippen LogP contribution in [0.4, 0.5) is 0 Å². The molecule has 0 fully saturated rings. The van der Waals surface area contributed by atoms with Crippen LogP contribution < -0.4 is 0 Å². The van der Waals surface area contributed by atoms with Crippen LogP contribution in [0.2, 0.25) is 0 Å². The summed E-state index contributed by atoms with van der Waals surface area (Å²) in [5, 5.41) is 8.75.